The maximum atomic E-state index is 13.0. The Morgan fingerprint density at radius 3 is 0.833 bits per heavy atom. The summed E-state index contributed by atoms with van der Waals surface area (Å²) in [7, 11) is -8.14. The molecule has 0 unspecified atom stereocenters. The van der Waals surface area contributed by atoms with Crippen LogP contribution in [0.3, 0.4) is 0 Å². The van der Waals surface area contributed by atoms with Crippen molar-refractivity contribution < 1.29 is 110 Å². The van der Waals surface area contributed by atoms with Crippen molar-refractivity contribution in [3.05, 3.63) is 0 Å². The van der Waals surface area contributed by atoms with E-state index in [4.69, 9.17) is 0 Å². The van der Waals surface area contributed by atoms with Gasteiger partial charge in [-0.3, -0.25) is 0 Å². The van der Waals surface area contributed by atoms with Gasteiger partial charge in [-0.1, -0.05) is 0 Å². The molecule has 0 spiro atoms. The first-order valence-corrected chi connectivity index (χ1v) is 7.08. The van der Waals surface area contributed by atoms with E-state index >= 15 is 0 Å². The predicted octanol–water partition coefficient (Wildman–Crippen LogP) is 4.50. The summed E-state index contributed by atoms with van der Waals surface area (Å²) in [6.07, 6.45) is -7.89. The van der Waals surface area contributed by atoms with Gasteiger partial charge in [-0.15, -0.1) is 0 Å². The molecule has 0 saturated heterocycles. The van der Waals surface area contributed by atoms with Crippen molar-refractivity contribution in [3.63, 3.8) is 0 Å². The van der Waals surface area contributed by atoms with Crippen molar-refractivity contribution in [1.82, 2.24) is 0 Å². The normalized spacial score (nSPS) is 16.3. The summed E-state index contributed by atoms with van der Waals surface area (Å²) in [5.41, 5.74) is 0. The summed E-state index contributed by atoms with van der Waals surface area (Å²) in [6.45, 7) is 0. The van der Waals surface area contributed by atoms with Gasteiger partial charge < -0.3 is 4.55 Å². The maximum absolute atomic E-state index is 13.0. The zero-order chi connectivity index (χ0) is 24.5. The SMILES string of the molecule is O=S(=O)([O-])C(F)(F)C(F)(F)C(F)(F)C(F)(F)C(F)(F)C(F)(F)C(F)(F)C(F)(F)F.[Ag+]. The molecule has 0 amide bonds. The van der Waals surface area contributed by atoms with Crippen LogP contribution in [0, 0.1) is 0 Å². The maximum Gasteiger partial charge on any atom is 1.00 e. The molecular formula is C8AgF17O3S. The smallest absolute Gasteiger partial charge is 0.743 e. The largest absolute Gasteiger partial charge is 1.00 e. The van der Waals surface area contributed by atoms with Crippen LogP contribution in [0.5, 0.6) is 0 Å². The Hall–Kier alpha value is -0.540. The number of hydrogen-bond donors (Lipinski definition) is 0. The van der Waals surface area contributed by atoms with E-state index in [1.807, 2.05) is 0 Å². The molecule has 0 atom stereocenters. The third-order valence-corrected chi connectivity index (χ3v) is 3.89. The first kappa shape index (κ1) is 31.6. The summed E-state index contributed by atoms with van der Waals surface area (Å²) < 4.78 is 244. The van der Waals surface area contributed by atoms with E-state index < -0.39 is 57.1 Å². The second kappa shape index (κ2) is 7.51. The summed E-state index contributed by atoms with van der Waals surface area (Å²) in [6, 6.07) is 0. The monoisotopic (exact) mass is 606 g/mol. The van der Waals surface area contributed by atoms with Crippen molar-refractivity contribution in [2.45, 2.75) is 47.0 Å². The first-order valence-electron chi connectivity index (χ1n) is 5.67. The molecule has 30 heavy (non-hydrogen) atoms. The molecule has 0 aromatic rings. The standard InChI is InChI=1S/C8HF17O3S.Ag/c9-1(10,3(13,14)5(17,18)7(21,22)23)2(11,12)4(15,16)6(19,20)8(24,25)29(26,27)28;/h(H,26,27,28);/q;+1/p-1. The zero-order valence-electron chi connectivity index (χ0n) is 12.4. The molecule has 0 aromatic heterocycles. The minimum absolute atomic E-state index is 0. The molecular weight excluding hydrogens is 607 g/mol. The zero-order valence-corrected chi connectivity index (χ0v) is 14.7. The van der Waals surface area contributed by atoms with Gasteiger partial charge in [-0.05, 0) is 0 Å². The van der Waals surface area contributed by atoms with Crippen molar-refractivity contribution in [1.29, 1.82) is 0 Å². The van der Waals surface area contributed by atoms with Gasteiger partial charge in [-0.25, -0.2) is 8.42 Å². The molecule has 0 bridgehead atoms. The van der Waals surface area contributed by atoms with Gasteiger partial charge in [0, 0.05) is 0 Å². The molecule has 22 heteroatoms. The number of alkyl halides is 17. The fourth-order valence-electron chi connectivity index (χ4n) is 1.31. The van der Waals surface area contributed by atoms with Gasteiger partial charge in [0.1, 0.15) is 0 Å². The van der Waals surface area contributed by atoms with Crippen LogP contribution in [-0.4, -0.2) is 59.9 Å². The van der Waals surface area contributed by atoms with Crippen molar-refractivity contribution in [2.24, 2.45) is 0 Å². The Morgan fingerprint density at radius 2 is 0.633 bits per heavy atom. The van der Waals surface area contributed by atoms with E-state index in [9.17, 15) is 87.6 Å². The van der Waals surface area contributed by atoms with Crippen LogP contribution in [-0.2, 0) is 32.5 Å². The average molecular weight is 607 g/mol. The molecule has 0 aliphatic rings. The van der Waals surface area contributed by atoms with Gasteiger partial charge in [0.05, 0.1) is 0 Å². The van der Waals surface area contributed by atoms with Crippen LogP contribution in [0.15, 0.2) is 0 Å². The van der Waals surface area contributed by atoms with Gasteiger partial charge in [0.25, 0.3) is 0 Å². The number of halogens is 17. The fraction of sp³-hybridized carbons (Fsp3) is 1.00. The molecule has 0 rings (SSSR count). The summed E-state index contributed by atoms with van der Waals surface area (Å²) in [5.74, 6) is -52.1. The van der Waals surface area contributed by atoms with Crippen molar-refractivity contribution in [3.8, 4) is 0 Å². The Labute approximate surface area is 167 Å². The molecule has 0 aromatic carbocycles. The van der Waals surface area contributed by atoms with Gasteiger partial charge in [0.2, 0.25) is 0 Å². The quantitative estimate of drug-likeness (QED) is 0.244. The van der Waals surface area contributed by atoms with Crippen molar-refractivity contribution >= 4 is 10.1 Å². The summed E-state index contributed by atoms with van der Waals surface area (Å²) in [5, 5.41) is -7.95. The Balaban J connectivity index is 0. The molecule has 0 heterocycles. The van der Waals surface area contributed by atoms with Crippen LogP contribution in [0.4, 0.5) is 74.6 Å². The number of hydrogen-bond acceptors (Lipinski definition) is 3. The van der Waals surface area contributed by atoms with E-state index in [0.29, 0.717) is 0 Å². The van der Waals surface area contributed by atoms with Crippen LogP contribution < -0.4 is 0 Å². The third-order valence-electron chi connectivity index (χ3n) is 3.01. The van der Waals surface area contributed by atoms with Crippen molar-refractivity contribution in [2.75, 3.05) is 0 Å². The van der Waals surface area contributed by atoms with Gasteiger partial charge in [-0.2, -0.15) is 74.6 Å². The molecule has 0 radical (unpaired) electrons. The van der Waals surface area contributed by atoms with E-state index in [2.05, 4.69) is 0 Å². The van der Waals surface area contributed by atoms with Crippen LogP contribution >= 0.6 is 0 Å². The minimum atomic E-state index is -8.92. The Bertz CT molecular complexity index is 739. The molecule has 0 saturated carbocycles. The number of rotatable bonds is 7. The third kappa shape index (κ3) is 3.76. The van der Waals surface area contributed by atoms with Gasteiger partial charge >= 0.3 is 69.3 Å². The average Bonchev–Trinajstić information content (AvgIpc) is 2.43. The molecule has 0 fully saturated rings. The molecule has 0 aliphatic carbocycles. The molecule has 0 N–H and O–H groups in total. The predicted molar refractivity (Wildman–Crippen MR) is 50.4 cm³/mol. The summed E-state index contributed by atoms with van der Waals surface area (Å²) >= 11 is 0. The van der Waals surface area contributed by atoms with Gasteiger partial charge in [0.15, 0.2) is 10.1 Å². The molecule has 3 nitrogen and oxygen atoms in total. The van der Waals surface area contributed by atoms with Crippen LogP contribution in [0.2, 0.25) is 0 Å². The molecule has 186 valence electrons. The summed E-state index contributed by atoms with van der Waals surface area (Å²) in [4.78, 5) is 0. The van der Waals surface area contributed by atoms with E-state index in [1.54, 1.807) is 0 Å². The Kier molecular flexibility index (Phi) is 7.92. The first-order chi connectivity index (χ1) is 12.0. The van der Waals surface area contributed by atoms with E-state index in [-0.39, 0.29) is 22.4 Å². The van der Waals surface area contributed by atoms with Crippen LogP contribution in [0.1, 0.15) is 0 Å². The second-order valence-electron chi connectivity index (χ2n) is 4.92. The van der Waals surface area contributed by atoms with E-state index in [1.165, 1.54) is 0 Å². The van der Waals surface area contributed by atoms with E-state index in [0.717, 1.165) is 0 Å². The second-order valence-corrected chi connectivity index (χ2v) is 6.34. The topological polar surface area (TPSA) is 57.2 Å². The minimum Gasteiger partial charge on any atom is -0.743 e. The Morgan fingerprint density at radius 1 is 0.433 bits per heavy atom. The van der Waals surface area contributed by atoms with Crippen LogP contribution in [0.25, 0.3) is 0 Å². The fourth-order valence-corrected chi connectivity index (χ4v) is 1.75. The molecule has 0 aliphatic heterocycles.